The highest BCUT2D eigenvalue weighted by molar-refractivity contribution is 6.52. The number of carbonyl (C=O) groups is 2. The van der Waals surface area contributed by atoms with Gasteiger partial charge >= 0.3 is 11.9 Å². The largest absolute Gasteiger partial charge is 0.478 e. The summed E-state index contributed by atoms with van der Waals surface area (Å²) in [7, 11) is 0. The Hall–Kier alpha value is -0.390. The molecule has 0 amide bonds. The van der Waals surface area contributed by atoms with Gasteiger partial charge in [-0.3, -0.25) is 0 Å². The second-order valence-electron chi connectivity index (χ2n) is 2.68. The van der Waals surface area contributed by atoms with Crippen LogP contribution in [0.2, 0.25) is 20.1 Å². The number of aromatic carboxylic acids is 1. The van der Waals surface area contributed by atoms with Gasteiger partial charge < -0.3 is 9.40 Å². The van der Waals surface area contributed by atoms with Gasteiger partial charge in [-0.15, -0.1) is 0 Å². The van der Waals surface area contributed by atoms with Crippen LogP contribution in [-0.4, -0.2) is 17.0 Å². The zero-order valence-corrected chi connectivity index (χ0v) is 11.3. The summed E-state index contributed by atoms with van der Waals surface area (Å²) in [5, 5.41) is 7.21. The monoisotopic (exact) mass is 336 g/mol. The van der Waals surface area contributed by atoms with E-state index in [4.69, 9.17) is 63.4 Å². The lowest BCUT2D eigenvalue weighted by atomic mass is 10.1. The molecule has 92 valence electrons. The van der Waals surface area contributed by atoms with E-state index in [-0.39, 0.29) is 0 Å². The fourth-order valence-corrected chi connectivity index (χ4v) is 2.28. The van der Waals surface area contributed by atoms with Crippen molar-refractivity contribution in [3.63, 3.8) is 0 Å². The summed E-state index contributed by atoms with van der Waals surface area (Å²) in [6.07, 6.45) is 0. The van der Waals surface area contributed by atoms with Crippen LogP contribution in [0, 0.1) is 0 Å². The van der Waals surface area contributed by atoms with E-state index in [9.17, 15) is 9.59 Å². The van der Waals surface area contributed by atoms with Gasteiger partial charge in [0.15, 0.2) is 0 Å². The number of halogens is 5. The lowest BCUT2D eigenvalue weighted by Gasteiger charge is -2.10. The van der Waals surface area contributed by atoms with Gasteiger partial charge in [0.25, 0.3) is 0 Å². The number of rotatable bonds is 2. The summed E-state index contributed by atoms with van der Waals surface area (Å²) < 4.78 is 3.91. The van der Waals surface area contributed by atoms with Crippen molar-refractivity contribution in [1.82, 2.24) is 0 Å². The molecule has 0 bridgehead atoms. The molecular weight excluding hydrogens is 337 g/mol. The Kier molecular flexibility index (Phi) is 4.75. The van der Waals surface area contributed by atoms with E-state index in [1.165, 1.54) is 0 Å². The van der Waals surface area contributed by atoms with Crippen LogP contribution < -0.4 is 0 Å². The molecule has 0 spiro atoms. The summed E-state index contributed by atoms with van der Waals surface area (Å²) in [6, 6.07) is 0. The summed E-state index contributed by atoms with van der Waals surface area (Å²) in [5.74, 6) is -2.53. The van der Waals surface area contributed by atoms with Crippen molar-refractivity contribution in [3.05, 3.63) is 31.2 Å². The number of benzene rings is 1. The van der Waals surface area contributed by atoms with Crippen LogP contribution in [0.4, 0.5) is 0 Å². The third-order valence-corrected chi connectivity index (χ3v) is 3.60. The van der Waals surface area contributed by atoms with Crippen molar-refractivity contribution in [3.8, 4) is 0 Å². The molecule has 0 saturated carbocycles. The molecule has 0 radical (unpaired) electrons. The van der Waals surface area contributed by atoms with Crippen molar-refractivity contribution < 1.29 is 19.0 Å². The molecule has 1 aromatic rings. The maximum absolute atomic E-state index is 11.3. The van der Waals surface area contributed by atoms with Crippen molar-refractivity contribution in [2.45, 2.75) is 0 Å². The molecular formula is C8HCl5O4. The highest BCUT2D eigenvalue weighted by Crippen LogP contribution is 2.41. The molecule has 0 aliphatic carbocycles. The molecule has 1 N–H and O–H groups in total. The predicted octanol–water partition coefficient (Wildman–Crippen LogP) is 4.31. The first-order chi connectivity index (χ1) is 7.82. The Balaban J connectivity index is 3.70. The van der Waals surface area contributed by atoms with E-state index < -0.39 is 43.2 Å². The average molecular weight is 338 g/mol. The third kappa shape index (κ3) is 2.56. The third-order valence-electron chi connectivity index (χ3n) is 1.75. The minimum Gasteiger partial charge on any atom is -0.478 e. The SMILES string of the molecule is O=C(O)c1c(Cl)c(Cl)c(C(=O)OCl)c(Cl)c1Cl. The van der Waals surface area contributed by atoms with Gasteiger partial charge in [-0.05, 0) is 0 Å². The first-order valence-corrected chi connectivity index (χ1v) is 5.57. The first kappa shape index (κ1) is 14.7. The summed E-state index contributed by atoms with van der Waals surface area (Å²) in [5.41, 5.74) is -0.905. The normalized spacial score (nSPS) is 10.2. The molecule has 1 aromatic carbocycles. The molecule has 0 aliphatic rings. The highest BCUT2D eigenvalue weighted by Gasteiger charge is 2.28. The standard InChI is InChI=1S/C8HCl5O4/c9-3-1(7(14)15)4(10)6(12)2(5(3)11)8(16)17-13/h(H,14,15). The summed E-state index contributed by atoms with van der Waals surface area (Å²) in [4.78, 5) is 22.1. The number of hydrogen-bond acceptors (Lipinski definition) is 3. The van der Waals surface area contributed by atoms with Crippen LogP contribution in [0.5, 0.6) is 0 Å². The minimum absolute atomic E-state index is 0.399. The average Bonchev–Trinajstić information content (AvgIpc) is 2.26. The summed E-state index contributed by atoms with van der Waals surface area (Å²) >= 11 is 27.6. The second-order valence-corrected chi connectivity index (χ2v) is 4.34. The van der Waals surface area contributed by atoms with E-state index in [0.717, 1.165) is 0 Å². The zero-order chi connectivity index (χ0) is 13.3. The van der Waals surface area contributed by atoms with Gasteiger partial charge in [-0.2, -0.15) is 0 Å². The molecule has 0 saturated heterocycles. The molecule has 0 aromatic heterocycles. The van der Waals surface area contributed by atoms with E-state index in [1.807, 2.05) is 0 Å². The molecule has 0 unspecified atom stereocenters. The lowest BCUT2D eigenvalue weighted by Crippen LogP contribution is -2.07. The highest BCUT2D eigenvalue weighted by atomic mass is 35.5. The first-order valence-electron chi connectivity index (χ1n) is 3.75. The van der Waals surface area contributed by atoms with E-state index in [2.05, 4.69) is 4.29 Å². The Morgan fingerprint density at radius 1 is 0.882 bits per heavy atom. The smallest absolute Gasteiger partial charge is 0.359 e. The Morgan fingerprint density at radius 3 is 1.53 bits per heavy atom. The van der Waals surface area contributed by atoms with Gasteiger partial charge in [0, 0.05) is 0 Å². The second kappa shape index (κ2) is 5.50. The van der Waals surface area contributed by atoms with E-state index >= 15 is 0 Å². The Morgan fingerprint density at radius 2 is 1.24 bits per heavy atom. The molecule has 0 heterocycles. The molecule has 9 heteroatoms. The van der Waals surface area contributed by atoms with E-state index in [1.54, 1.807) is 0 Å². The number of carboxylic acids is 1. The van der Waals surface area contributed by atoms with Crippen molar-refractivity contribution in [1.29, 1.82) is 0 Å². The Labute approximate surface area is 120 Å². The summed E-state index contributed by atoms with van der Waals surface area (Å²) in [6.45, 7) is 0. The predicted molar refractivity (Wildman–Crippen MR) is 64.7 cm³/mol. The molecule has 0 atom stereocenters. The maximum atomic E-state index is 11.3. The van der Waals surface area contributed by atoms with Gasteiger partial charge in [0.1, 0.15) is 17.4 Å². The zero-order valence-electron chi connectivity index (χ0n) is 7.56. The lowest BCUT2D eigenvalue weighted by molar-refractivity contribution is 0.0693. The van der Waals surface area contributed by atoms with Crippen LogP contribution in [0.25, 0.3) is 0 Å². The van der Waals surface area contributed by atoms with Crippen LogP contribution in [0.1, 0.15) is 20.7 Å². The van der Waals surface area contributed by atoms with Crippen LogP contribution in [0.15, 0.2) is 0 Å². The molecule has 4 nitrogen and oxygen atoms in total. The minimum atomic E-state index is -1.44. The van der Waals surface area contributed by atoms with Crippen molar-refractivity contribution >= 4 is 70.2 Å². The molecule has 0 fully saturated rings. The molecule has 0 aliphatic heterocycles. The fourth-order valence-electron chi connectivity index (χ4n) is 1.04. The van der Waals surface area contributed by atoms with Crippen LogP contribution in [-0.2, 0) is 4.29 Å². The van der Waals surface area contributed by atoms with Gasteiger partial charge in [-0.1, -0.05) is 46.4 Å². The maximum Gasteiger partial charge on any atom is 0.359 e. The van der Waals surface area contributed by atoms with Crippen molar-refractivity contribution in [2.75, 3.05) is 0 Å². The number of hydrogen-bond donors (Lipinski definition) is 1. The van der Waals surface area contributed by atoms with Gasteiger partial charge in [0.2, 0.25) is 0 Å². The van der Waals surface area contributed by atoms with Gasteiger partial charge in [0.05, 0.1) is 25.7 Å². The van der Waals surface area contributed by atoms with Crippen LogP contribution in [0.3, 0.4) is 0 Å². The fraction of sp³-hybridized carbons (Fsp3) is 0. The quantitative estimate of drug-likeness (QED) is 0.816. The molecule has 1 rings (SSSR count). The van der Waals surface area contributed by atoms with Crippen molar-refractivity contribution in [2.24, 2.45) is 0 Å². The molecule has 17 heavy (non-hydrogen) atoms. The van der Waals surface area contributed by atoms with Crippen LogP contribution >= 0.6 is 58.3 Å². The van der Waals surface area contributed by atoms with Gasteiger partial charge in [-0.25, -0.2) is 9.59 Å². The number of carbonyl (C=O) groups excluding carboxylic acids is 1. The van der Waals surface area contributed by atoms with E-state index in [0.29, 0.717) is 0 Å². The Bertz CT molecular complexity index is 484. The number of carboxylic acid groups (broad SMARTS) is 1. The topological polar surface area (TPSA) is 63.6 Å².